The summed E-state index contributed by atoms with van der Waals surface area (Å²) in [5.74, 6) is -1.15. The van der Waals surface area contributed by atoms with Gasteiger partial charge in [-0.15, -0.1) is 0 Å². The molecule has 0 unspecified atom stereocenters. The Bertz CT molecular complexity index is 1080. The molecule has 1 aliphatic heterocycles. The molecule has 0 radical (unpaired) electrons. The number of carbonyl (C=O) groups excluding carboxylic acids is 2. The van der Waals surface area contributed by atoms with Crippen molar-refractivity contribution in [2.24, 2.45) is 17.8 Å². The van der Waals surface area contributed by atoms with Gasteiger partial charge >= 0.3 is 13.6 Å². The van der Waals surface area contributed by atoms with Crippen LogP contribution in [0.2, 0.25) is 18.1 Å². The zero-order valence-electron chi connectivity index (χ0n) is 28.8. The summed E-state index contributed by atoms with van der Waals surface area (Å²) in [6.45, 7) is 23.1. The maximum absolute atomic E-state index is 13.3. The molecule has 0 N–H and O–H groups in total. The Morgan fingerprint density at radius 1 is 1.00 bits per heavy atom. The summed E-state index contributed by atoms with van der Waals surface area (Å²) >= 11 is 0. The van der Waals surface area contributed by atoms with E-state index in [-0.39, 0.29) is 66.8 Å². The normalized spacial score (nSPS) is 23.5. The summed E-state index contributed by atoms with van der Waals surface area (Å²) < 4.78 is 49.5. The minimum Gasteiger partial charge on any atom is -0.462 e. The van der Waals surface area contributed by atoms with Crippen LogP contribution in [-0.4, -0.2) is 64.4 Å². The molecule has 1 fully saturated rings. The lowest BCUT2D eigenvalue weighted by molar-refractivity contribution is -0.287. The number of carbonyl (C=O) groups is 2. The third kappa shape index (κ3) is 10.9. The molecule has 0 aliphatic carbocycles. The van der Waals surface area contributed by atoms with Gasteiger partial charge in [0.15, 0.2) is 14.6 Å². The van der Waals surface area contributed by atoms with Crippen molar-refractivity contribution in [3.05, 3.63) is 35.9 Å². The van der Waals surface area contributed by atoms with Crippen LogP contribution < -0.4 is 0 Å². The molecule has 1 aromatic rings. The van der Waals surface area contributed by atoms with Crippen LogP contribution >= 0.6 is 7.60 Å². The quantitative estimate of drug-likeness (QED) is 0.0938. The lowest BCUT2D eigenvalue weighted by Gasteiger charge is -2.45. The third-order valence-electron chi connectivity index (χ3n) is 8.87. The molecular weight excluding hydrogens is 599 g/mol. The summed E-state index contributed by atoms with van der Waals surface area (Å²) in [6.07, 6.45) is -2.21. The van der Waals surface area contributed by atoms with Gasteiger partial charge in [0.05, 0.1) is 25.4 Å². The smallest absolute Gasteiger partial charge is 0.338 e. The molecule has 7 atom stereocenters. The van der Waals surface area contributed by atoms with E-state index in [1.165, 1.54) is 0 Å². The van der Waals surface area contributed by atoms with Crippen molar-refractivity contribution >= 4 is 27.7 Å². The van der Waals surface area contributed by atoms with E-state index in [1.807, 2.05) is 44.2 Å². The Morgan fingerprint density at radius 3 is 2.11 bits per heavy atom. The minimum absolute atomic E-state index is 0.0185. The van der Waals surface area contributed by atoms with E-state index >= 15 is 0 Å². The summed E-state index contributed by atoms with van der Waals surface area (Å²) in [5.41, 5.74) is 0.819. The predicted octanol–water partition coefficient (Wildman–Crippen LogP) is 7.95. The fourth-order valence-electron chi connectivity index (χ4n) is 5.24. The standard InChI is InChI=1S/C33H57O9PSi/c1-12-29(35)41-30(23(4)21-39-44(10,11)33(7,8)9)25(6)31-24(5)28(40-32(42-31)26-18-16-15-17-19-26)20-27(34)22-43(36,37-13-2)38-14-3/h15-19,23-25,28,30-32H,12-14,20-22H2,1-11H3/t23-,24-,25+,28+,30+,31+,32+/m1/s1. The van der Waals surface area contributed by atoms with Crippen molar-refractivity contribution in [3.8, 4) is 0 Å². The van der Waals surface area contributed by atoms with Crippen molar-refractivity contribution in [3.63, 3.8) is 0 Å². The predicted molar refractivity (Wildman–Crippen MR) is 175 cm³/mol. The van der Waals surface area contributed by atoms with E-state index in [0.717, 1.165) is 5.56 Å². The molecule has 9 nitrogen and oxygen atoms in total. The number of esters is 1. The first-order chi connectivity index (χ1) is 20.5. The van der Waals surface area contributed by atoms with Gasteiger partial charge < -0.3 is 27.7 Å². The van der Waals surface area contributed by atoms with E-state index in [9.17, 15) is 14.2 Å². The maximum atomic E-state index is 13.3. The maximum Gasteiger partial charge on any atom is 0.338 e. The van der Waals surface area contributed by atoms with Crippen molar-refractivity contribution in [2.45, 2.75) is 118 Å². The number of ether oxygens (including phenoxy) is 3. The van der Waals surface area contributed by atoms with Crippen molar-refractivity contribution < 1.29 is 41.8 Å². The largest absolute Gasteiger partial charge is 0.462 e. The third-order valence-corrected chi connectivity index (χ3v) is 15.4. The van der Waals surface area contributed by atoms with Crippen LogP contribution in [-0.2, 0) is 41.8 Å². The molecule has 1 aromatic carbocycles. The van der Waals surface area contributed by atoms with E-state index in [2.05, 4.69) is 40.8 Å². The van der Waals surface area contributed by atoms with E-state index < -0.39 is 40.5 Å². The van der Waals surface area contributed by atoms with Crippen molar-refractivity contribution in [1.29, 1.82) is 0 Å². The molecule has 44 heavy (non-hydrogen) atoms. The Morgan fingerprint density at radius 2 is 1.59 bits per heavy atom. The lowest BCUT2D eigenvalue weighted by Crippen LogP contribution is -2.51. The topological polar surface area (TPSA) is 107 Å². The number of Topliss-reactive ketones (excluding diaryl/α,β-unsaturated/α-hetero) is 1. The summed E-state index contributed by atoms with van der Waals surface area (Å²) in [6, 6.07) is 9.57. The van der Waals surface area contributed by atoms with Crippen LogP contribution in [0.5, 0.6) is 0 Å². The van der Waals surface area contributed by atoms with Crippen LogP contribution in [0.1, 0.15) is 87.0 Å². The lowest BCUT2D eigenvalue weighted by atomic mass is 9.80. The molecule has 1 saturated heterocycles. The van der Waals surface area contributed by atoms with Crippen molar-refractivity contribution in [1.82, 2.24) is 0 Å². The molecule has 0 bridgehead atoms. The van der Waals surface area contributed by atoms with Gasteiger partial charge in [0.2, 0.25) is 0 Å². The Hall–Kier alpha value is -1.39. The van der Waals surface area contributed by atoms with Gasteiger partial charge in [-0.1, -0.05) is 78.8 Å². The van der Waals surface area contributed by atoms with Crippen LogP contribution in [0.4, 0.5) is 0 Å². The highest BCUT2D eigenvalue weighted by molar-refractivity contribution is 7.54. The molecule has 252 valence electrons. The zero-order chi connectivity index (χ0) is 33.3. The second kappa shape index (κ2) is 17.0. The number of ketones is 1. The zero-order valence-corrected chi connectivity index (χ0v) is 30.7. The fraction of sp³-hybridized carbons (Fsp3) is 0.758. The van der Waals surface area contributed by atoms with Crippen LogP contribution in [0.25, 0.3) is 0 Å². The second-order valence-electron chi connectivity index (χ2n) is 13.4. The highest BCUT2D eigenvalue weighted by Gasteiger charge is 2.46. The molecule has 0 amide bonds. The monoisotopic (exact) mass is 656 g/mol. The van der Waals surface area contributed by atoms with E-state index in [1.54, 1.807) is 20.8 Å². The van der Waals surface area contributed by atoms with Crippen molar-refractivity contribution in [2.75, 3.05) is 26.0 Å². The van der Waals surface area contributed by atoms with Gasteiger partial charge in [0.25, 0.3) is 0 Å². The molecule has 0 saturated carbocycles. The first kappa shape index (κ1) is 38.8. The van der Waals surface area contributed by atoms with E-state index in [0.29, 0.717) is 6.61 Å². The molecule has 1 heterocycles. The highest BCUT2D eigenvalue weighted by Crippen LogP contribution is 2.49. The Balaban J connectivity index is 2.38. The van der Waals surface area contributed by atoms with Gasteiger partial charge in [-0.25, -0.2) is 0 Å². The Labute approximate surface area is 266 Å². The first-order valence-corrected chi connectivity index (χ1v) is 20.7. The van der Waals surface area contributed by atoms with Gasteiger partial charge in [0.1, 0.15) is 18.0 Å². The summed E-state index contributed by atoms with van der Waals surface area (Å²) in [4.78, 5) is 26.0. The SMILES string of the molecule is CCOP(=O)(CC(=O)C[C@@H]1O[C@H](c2ccccc2)O[C@H]([C@@H](C)[C@@H](OC(=O)CC)[C@H](C)CO[Si](C)(C)C(C)(C)C)[C@@H]1C)OCC. The summed E-state index contributed by atoms with van der Waals surface area (Å²) in [5, 5.41) is 0.0449. The Kier molecular flexibility index (Phi) is 14.9. The molecule has 0 aromatic heterocycles. The second-order valence-corrected chi connectivity index (χ2v) is 20.3. The molecular formula is C33H57O9PSi. The first-order valence-electron chi connectivity index (χ1n) is 16.1. The van der Waals surface area contributed by atoms with Gasteiger partial charge in [-0.05, 0) is 32.0 Å². The average Bonchev–Trinajstić information content (AvgIpc) is 2.95. The molecule has 2 rings (SSSR count). The number of rotatable bonds is 17. The van der Waals surface area contributed by atoms with E-state index in [4.69, 9.17) is 27.7 Å². The van der Waals surface area contributed by atoms with Gasteiger partial charge in [-0.3, -0.25) is 14.2 Å². The summed E-state index contributed by atoms with van der Waals surface area (Å²) in [7, 11) is -5.60. The van der Waals surface area contributed by atoms with Gasteiger partial charge in [-0.2, -0.15) is 0 Å². The van der Waals surface area contributed by atoms with Crippen LogP contribution in [0, 0.1) is 17.8 Å². The molecule has 11 heteroatoms. The van der Waals surface area contributed by atoms with Crippen LogP contribution in [0.3, 0.4) is 0 Å². The fourth-order valence-corrected chi connectivity index (χ4v) is 7.96. The number of benzene rings is 1. The molecule has 1 aliphatic rings. The van der Waals surface area contributed by atoms with Crippen LogP contribution in [0.15, 0.2) is 30.3 Å². The number of hydrogen-bond acceptors (Lipinski definition) is 9. The molecule has 0 spiro atoms. The average molecular weight is 657 g/mol. The number of hydrogen-bond donors (Lipinski definition) is 0. The van der Waals surface area contributed by atoms with Gasteiger partial charge in [0, 0.05) is 42.8 Å². The highest BCUT2D eigenvalue weighted by atomic mass is 31.2. The minimum atomic E-state index is -3.56.